The molecule has 0 aliphatic rings. The van der Waals surface area contributed by atoms with Gasteiger partial charge in [-0.15, -0.1) is 0 Å². The number of anilines is 2. The second-order valence-electron chi connectivity index (χ2n) is 2.57. The average Bonchev–Trinajstić information content (AvgIpc) is 2.07. The van der Waals surface area contributed by atoms with Crippen molar-refractivity contribution in [2.75, 3.05) is 17.6 Å². The molecule has 0 spiro atoms. The highest BCUT2D eigenvalue weighted by Gasteiger charge is 2.01. The van der Waals surface area contributed by atoms with Crippen molar-refractivity contribution in [3.8, 4) is 0 Å². The van der Waals surface area contributed by atoms with Gasteiger partial charge in [0, 0.05) is 5.03 Å². The lowest BCUT2D eigenvalue weighted by Crippen LogP contribution is -2.03. The fourth-order valence-electron chi connectivity index (χ4n) is 0.882. The van der Waals surface area contributed by atoms with Crippen LogP contribution in [0.5, 0.6) is 0 Å². The third-order valence-electron chi connectivity index (χ3n) is 1.52. The van der Waals surface area contributed by atoms with Crippen molar-refractivity contribution >= 4 is 34.6 Å². The first-order valence-electron chi connectivity index (χ1n) is 3.72. The zero-order valence-corrected chi connectivity index (χ0v) is 8.49. The van der Waals surface area contributed by atoms with E-state index in [4.69, 9.17) is 28.9 Å². The molecule has 1 rings (SSSR count). The first-order valence-corrected chi connectivity index (χ1v) is 4.48. The van der Waals surface area contributed by atoms with Crippen LogP contribution in [0.4, 0.5) is 11.4 Å². The molecule has 0 atom stereocenters. The van der Waals surface area contributed by atoms with E-state index in [0.29, 0.717) is 22.3 Å². The molecule has 0 heterocycles. The molecule has 1 aromatic carbocycles. The quantitative estimate of drug-likeness (QED) is 0.763. The summed E-state index contributed by atoms with van der Waals surface area (Å²) in [6.45, 7) is 4.03. The summed E-state index contributed by atoms with van der Waals surface area (Å²) in [5, 5.41) is 4.07. The Morgan fingerprint density at radius 2 is 2.23 bits per heavy atom. The topological polar surface area (TPSA) is 38.0 Å². The van der Waals surface area contributed by atoms with Crippen LogP contribution in [0.15, 0.2) is 29.8 Å². The molecule has 0 bridgehead atoms. The summed E-state index contributed by atoms with van der Waals surface area (Å²) in [4.78, 5) is 0. The first-order chi connectivity index (χ1) is 6.11. The van der Waals surface area contributed by atoms with Gasteiger partial charge < -0.3 is 11.1 Å². The van der Waals surface area contributed by atoms with Crippen LogP contribution in [0.2, 0.25) is 5.02 Å². The Morgan fingerprint density at radius 1 is 1.54 bits per heavy atom. The van der Waals surface area contributed by atoms with Gasteiger partial charge in [0.05, 0.1) is 22.9 Å². The Kier molecular flexibility index (Phi) is 3.46. The summed E-state index contributed by atoms with van der Waals surface area (Å²) in [6.07, 6.45) is 0. The number of hydrogen-bond donors (Lipinski definition) is 2. The highest BCUT2D eigenvalue weighted by molar-refractivity contribution is 6.33. The van der Waals surface area contributed by atoms with Gasteiger partial charge in [-0.25, -0.2) is 0 Å². The summed E-state index contributed by atoms with van der Waals surface area (Å²) in [7, 11) is 0. The maximum atomic E-state index is 5.81. The number of benzene rings is 1. The number of rotatable bonds is 3. The van der Waals surface area contributed by atoms with Crippen molar-refractivity contribution in [3.05, 3.63) is 34.8 Å². The number of para-hydroxylation sites is 1. The lowest BCUT2D eigenvalue weighted by Gasteiger charge is -2.08. The lowest BCUT2D eigenvalue weighted by molar-refractivity contribution is 1.32. The van der Waals surface area contributed by atoms with Crippen molar-refractivity contribution in [2.24, 2.45) is 0 Å². The van der Waals surface area contributed by atoms with Gasteiger partial charge in [-0.05, 0) is 12.1 Å². The Labute approximate surface area is 87.3 Å². The predicted molar refractivity (Wildman–Crippen MR) is 59.3 cm³/mol. The van der Waals surface area contributed by atoms with Crippen LogP contribution in [0, 0.1) is 0 Å². The standard InChI is InChI=1S/C9H10Cl2N2/c1-6(10)5-13-8-4-2-3-7(11)9(8)12/h2-4,13H,1,5,12H2. The molecule has 0 radical (unpaired) electrons. The van der Waals surface area contributed by atoms with Gasteiger partial charge in [0.2, 0.25) is 0 Å². The zero-order chi connectivity index (χ0) is 9.84. The average molecular weight is 217 g/mol. The highest BCUT2D eigenvalue weighted by Crippen LogP contribution is 2.26. The Morgan fingerprint density at radius 3 is 2.85 bits per heavy atom. The summed E-state index contributed by atoms with van der Waals surface area (Å²) < 4.78 is 0. The van der Waals surface area contributed by atoms with E-state index in [1.807, 2.05) is 12.1 Å². The van der Waals surface area contributed by atoms with Crippen molar-refractivity contribution < 1.29 is 0 Å². The highest BCUT2D eigenvalue weighted by atomic mass is 35.5. The second kappa shape index (κ2) is 4.40. The molecule has 0 fully saturated rings. The van der Waals surface area contributed by atoms with E-state index in [1.54, 1.807) is 6.07 Å². The van der Waals surface area contributed by atoms with Crippen LogP contribution < -0.4 is 11.1 Å². The Hall–Kier alpha value is -0.860. The van der Waals surface area contributed by atoms with Crippen LogP contribution in [-0.4, -0.2) is 6.54 Å². The molecular formula is C9H10Cl2N2. The van der Waals surface area contributed by atoms with E-state index in [2.05, 4.69) is 11.9 Å². The Bertz CT molecular complexity index is 323. The normalized spacial score (nSPS) is 9.69. The second-order valence-corrected chi connectivity index (χ2v) is 3.51. The van der Waals surface area contributed by atoms with E-state index >= 15 is 0 Å². The molecule has 0 unspecified atom stereocenters. The van der Waals surface area contributed by atoms with Crippen molar-refractivity contribution in [1.82, 2.24) is 0 Å². The van der Waals surface area contributed by atoms with Crippen molar-refractivity contribution in [1.29, 1.82) is 0 Å². The maximum Gasteiger partial charge on any atom is 0.0739 e. The fraction of sp³-hybridized carbons (Fsp3) is 0.111. The molecule has 0 aliphatic heterocycles. The minimum atomic E-state index is 0.478. The molecule has 0 aromatic heterocycles. The van der Waals surface area contributed by atoms with Crippen LogP contribution >= 0.6 is 23.2 Å². The monoisotopic (exact) mass is 216 g/mol. The number of nitrogens with two attached hydrogens (primary N) is 1. The molecule has 0 saturated carbocycles. The van der Waals surface area contributed by atoms with Crippen molar-refractivity contribution in [2.45, 2.75) is 0 Å². The van der Waals surface area contributed by atoms with Gasteiger partial charge in [0.1, 0.15) is 0 Å². The fourth-order valence-corrected chi connectivity index (χ4v) is 1.12. The van der Waals surface area contributed by atoms with E-state index in [1.165, 1.54) is 0 Å². The molecule has 3 N–H and O–H groups in total. The minimum absolute atomic E-state index is 0.478. The minimum Gasteiger partial charge on any atom is -0.396 e. The smallest absolute Gasteiger partial charge is 0.0739 e. The number of nitrogens with one attached hydrogen (secondary N) is 1. The van der Waals surface area contributed by atoms with Gasteiger partial charge in [-0.2, -0.15) is 0 Å². The van der Waals surface area contributed by atoms with Gasteiger partial charge >= 0.3 is 0 Å². The summed E-state index contributed by atoms with van der Waals surface area (Å²) >= 11 is 11.4. The van der Waals surface area contributed by atoms with E-state index in [0.717, 1.165) is 5.69 Å². The van der Waals surface area contributed by atoms with Gasteiger partial charge in [-0.1, -0.05) is 35.8 Å². The maximum absolute atomic E-state index is 5.81. The predicted octanol–water partition coefficient (Wildman–Crippen LogP) is 3.09. The molecule has 2 nitrogen and oxygen atoms in total. The molecule has 1 aromatic rings. The molecule has 4 heteroatoms. The molecule has 13 heavy (non-hydrogen) atoms. The third kappa shape index (κ3) is 2.83. The van der Waals surface area contributed by atoms with Gasteiger partial charge in [0.25, 0.3) is 0 Å². The first kappa shape index (κ1) is 10.2. The van der Waals surface area contributed by atoms with E-state index in [-0.39, 0.29) is 0 Å². The lowest BCUT2D eigenvalue weighted by atomic mass is 10.2. The molecule has 0 amide bonds. The van der Waals surface area contributed by atoms with Gasteiger partial charge in [-0.3, -0.25) is 0 Å². The van der Waals surface area contributed by atoms with Gasteiger partial charge in [0.15, 0.2) is 0 Å². The summed E-state index contributed by atoms with van der Waals surface area (Å²) in [5.41, 5.74) is 7.00. The molecule has 0 aliphatic carbocycles. The Balaban J connectivity index is 2.77. The van der Waals surface area contributed by atoms with Crippen LogP contribution in [-0.2, 0) is 0 Å². The SMILES string of the molecule is C=C(Cl)CNc1cccc(Cl)c1N. The van der Waals surface area contributed by atoms with E-state index < -0.39 is 0 Å². The molecular weight excluding hydrogens is 207 g/mol. The zero-order valence-electron chi connectivity index (χ0n) is 6.98. The molecule has 0 saturated heterocycles. The number of nitrogen functional groups attached to an aromatic ring is 1. The molecule has 70 valence electrons. The van der Waals surface area contributed by atoms with Crippen LogP contribution in [0.25, 0.3) is 0 Å². The largest absolute Gasteiger partial charge is 0.396 e. The van der Waals surface area contributed by atoms with Crippen LogP contribution in [0.3, 0.4) is 0 Å². The summed E-state index contributed by atoms with van der Waals surface area (Å²) in [6, 6.07) is 5.39. The third-order valence-corrected chi connectivity index (χ3v) is 1.99. The number of halogens is 2. The van der Waals surface area contributed by atoms with E-state index in [9.17, 15) is 0 Å². The van der Waals surface area contributed by atoms with Crippen molar-refractivity contribution in [3.63, 3.8) is 0 Å². The number of hydrogen-bond acceptors (Lipinski definition) is 2. The summed E-state index contributed by atoms with van der Waals surface area (Å²) in [5.74, 6) is 0. The van der Waals surface area contributed by atoms with Crippen LogP contribution in [0.1, 0.15) is 0 Å².